The van der Waals surface area contributed by atoms with E-state index in [2.05, 4.69) is 0 Å². The van der Waals surface area contributed by atoms with E-state index in [-0.39, 0.29) is 12.0 Å². The van der Waals surface area contributed by atoms with Gasteiger partial charge in [0.2, 0.25) is 0 Å². The predicted octanol–water partition coefficient (Wildman–Crippen LogP) is 2.75. The fraction of sp³-hybridized carbons (Fsp3) is 0.316. The second kappa shape index (κ2) is 7.98. The van der Waals surface area contributed by atoms with Crippen molar-refractivity contribution < 1.29 is 23.4 Å². The summed E-state index contributed by atoms with van der Waals surface area (Å²) in [6.07, 6.45) is -0.298. The molecule has 0 bridgehead atoms. The molecule has 25 heavy (non-hydrogen) atoms. The molecule has 1 aliphatic heterocycles. The number of halogens is 1. The van der Waals surface area contributed by atoms with Gasteiger partial charge in [-0.05, 0) is 42.5 Å². The monoisotopic (exact) mass is 345 g/mol. The van der Waals surface area contributed by atoms with Crippen molar-refractivity contribution in [2.24, 2.45) is 0 Å². The average Bonchev–Trinajstić information content (AvgIpc) is 2.87. The SMILES string of the molecule is COc1ccc(OC2COCCN(C(=O)c3cccc(F)c3)C2)cc1. The zero-order valence-corrected chi connectivity index (χ0v) is 14.0. The van der Waals surface area contributed by atoms with Crippen molar-refractivity contribution >= 4 is 5.91 Å². The van der Waals surface area contributed by atoms with Crippen LogP contribution in [0.3, 0.4) is 0 Å². The summed E-state index contributed by atoms with van der Waals surface area (Å²) in [7, 11) is 1.60. The lowest BCUT2D eigenvalue weighted by molar-refractivity contribution is 0.0651. The van der Waals surface area contributed by atoms with E-state index in [0.717, 1.165) is 5.75 Å². The van der Waals surface area contributed by atoms with Crippen molar-refractivity contribution in [1.29, 1.82) is 0 Å². The van der Waals surface area contributed by atoms with Gasteiger partial charge >= 0.3 is 0 Å². The number of rotatable bonds is 4. The van der Waals surface area contributed by atoms with Crippen molar-refractivity contribution in [1.82, 2.24) is 4.90 Å². The number of carbonyl (C=O) groups excluding carboxylic acids is 1. The summed E-state index contributed by atoms with van der Waals surface area (Å²) >= 11 is 0. The lowest BCUT2D eigenvalue weighted by Gasteiger charge is -2.24. The summed E-state index contributed by atoms with van der Waals surface area (Å²) in [6.45, 7) is 1.63. The van der Waals surface area contributed by atoms with Crippen LogP contribution < -0.4 is 9.47 Å². The number of hydrogen-bond donors (Lipinski definition) is 0. The van der Waals surface area contributed by atoms with Crippen LogP contribution in [-0.2, 0) is 4.74 Å². The molecule has 6 heteroatoms. The molecule has 5 nitrogen and oxygen atoms in total. The van der Waals surface area contributed by atoms with Crippen LogP contribution in [0.25, 0.3) is 0 Å². The van der Waals surface area contributed by atoms with Crippen molar-refractivity contribution in [3.63, 3.8) is 0 Å². The van der Waals surface area contributed by atoms with Gasteiger partial charge < -0.3 is 19.1 Å². The van der Waals surface area contributed by atoms with Crippen molar-refractivity contribution in [2.75, 3.05) is 33.4 Å². The maximum atomic E-state index is 13.4. The molecule has 0 spiro atoms. The molecular formula is C19H20FNO4. The number of ether oxygens (including phenoxy) is 3. The first-order chi connectivity index (χ1) is 12.2. The largest absolute Gasteiger partial charge is 0.497 e. The summed E-state index contributed by atoms with van der Waals surface area (Å²) in [5.41, 5.74) is 0.324. The summed E-state index contributed by atoms with van der Waals surface area (Å²) in [6, 6.07) is 12.9. The van der Waals surface area contributed by atoms with E-state index in [1.807, 2.05) is 24.3 Å². The van der Waals surface area contributed by atoms with Gasteiger partial charge in [0.15, 0.2) is 0 Å². The number of methoxy groups -OCH3 is 1. The first-order valence-corrected chi connectivity index (χ1v) is 8.09. The maximum Gasteiger partial charge on any atom is 0.254 e. The quantitative estimate of drug-likeness (QED) is 0.855. The Balaban J connectivity index is 1.68. The fourth-order valence-corrected chi connectivity index (χ4v) is 2.69. The highest BCUT2D eigenvalue weighted by atomic mass is 19.1. The molecule has 2 aromatic carbocycles. The minimum atomic E-state index is -0.428. The third kappa shape index (κ3) is 4.48. The van der Waals surface area contributed by atoms with Gasteiger partial charge in [0.1, 0.15) is 23.4 Å². The molecule has 3 rings (SSSR count). The molecule has 1 unspecified atom stereocenters. The van der Waals surface area contributed by atoms with Gasteiger partial charge in [0, 0.05) is 12.1 Å². The topological polar surface area (TPSA) is 48.0 Å². The molecule has 1 fully saturated rings. The molecule has 2 aromatic rings. The molecule has 0 aliphatic carbocycles. The third-order valence-corrected chi connectivity index (χ3v) is 3.95. The van der Waals surface area contributed by atoms with Crippen molar-refractivity contribution in [3.05, 3.63) is 59.9 Å². The van der Waals surface area contributed by atoms with Gasteiger partial charge in [-0.25, -0.2) is 4.39 Å². The number of nitrogens with zero attached hydrogens (tertiary/aromatic N) is 1. The Morgan fingerprint density at radius 1 is 1.20 bits per heavy atom. The zero-order chi connectivity index (χ0) is 17.6. The number of carbonyl (C=O) groups is 1. The van der Waals surface area contributed by atoms with Crippen LogP contribution in [0.2, 0.25) is 0 Å². The van der Waals surface area contributed by atoms with Gasteiger partial charge in [-0.1, -0.05) is 6.07 Å². The van der Waals surface area contributed by atoms with Gasteiger partial charge in [0.05, 0.1) is 26.9 Å². The molecule has 1 aliphatic rings. The molecule has 0 N–H and O–H groups in total. The highest BCUT2D eigenvalue weighted by molar-refractivity contribution is 5.94. The second-order valence-corrected chi connectivity index (χ2v) is 5.75. The Hall–Kier alpha value is -2.60. The van der Waals surface area contributed by atoms with Crippen LogP contribution >= 0.6 is 0 Å². The summed E-state index contributed by atoms with van der Waals surface area (Å²) in [5, 5.41) is 0. The fourth-order valence-electron chi connectivity index (χ4n) is 2.69. The molecule has 1 saturated heterocycles. The average molecular weight is 345 g/mol. The van der Waals surface area contributed by atoms with Crippen LogP contribution in [0.1, 0.15) is 10.4 Å². The van der Waals surface area contributed by atoms with Crippen molar-refractivity contribution in [2.45, 2.75) is 6.10 Å². The van der Waals surface area contributed by atoms with E-state index in [0.29, 0.717) is 37.6 Å². The van der Waals surface area contributed by atoms with E-state index in [4.69, 9.17) is 14.2 Å². The molecule has 0 radical (unpaired) electrons. The second-order valence-electron chi connectivity index (χ2n) is 5.75. The molecular weight excluding hydrogens is 325 g/mol. The predicted molar refractivity (Wildman–Crippen MR) is 90.5 cm³/mol. The first-order valence-electron chi connectivity index (χ1n) is 8.09. The third-order valence-electron chi connectivity index (χ3n) is 3.95. The van der Waals surface area contributed by atoms with E-state index in [1.165, 1.54) is 18.2 Å². The molecule has 0 aromatic heterocycles. The number of hydrogen-bond acceptors (Lipinski definition) is 4. The highest BCUT2D eigenvalue weighted by Gasteiger charge is 2.24. The van der Waals surface area contributed by atoms with Crippen molar-refractivity contribution in [3.8, 4) is 11.5 Å². The van der Waals surface area contributed by atoms with Crippen LogP contribution in [0.4, 0.5) is 4.39 Å². The molecule has 1 heterocycles. The molecule has 132 valence electrons. The van der Waals surface area contributed by atoms with Crippen LogP contribution in [0.5, 0.6) is 11.5 Å². The van der Waals surface area contributed by atoms with E-state index >= 15 is 0 Å². The molecule has 1 atom stereocenters. The van der Waals surface area contributed by atoms with E-state index in [1.54, 1.807) is 18.1 Å². The van der Waals surface area contributed by atoms with Crippen LogP contribution in [0.15, 0.2) is 48.5 Å². The standard InChI is InChI=1S/C19H20FNO4/c1-23-16-5-7-17(8-6-16)25-18-12-21(9-10-24-13-18)19(22)14-3-2-4-15(20)11-14/h2-8,11,18H,9-10,12-13H2,1H3. The highest BCUT2D eigenvalue weighted by Crippen LogP contribution is 2.19. The van der Waals surface area contributed by atoms with Crippen LogP contribution in [0, 0.1) is 5.82 Å². The minimum Gasteiger partial charge on any atom is -0.497 e. The molecule has 0 saturated carbocycles. The van der Waals surface area contributed by atoms with Gasteiger partial charge in [-0.15, -0.1) is 0 Å². The van der Waals surface area contributed by atoms with Gasteiger partial charge in [0.25, 0.3) is 5.91 Å². The Bertz CT molecular complexity index is 720. The Morgan fingerprint density at radius 3 is 2.68 bits per heavy atom. The van der Waals surface area contributed by atoms with Gasteiger partial charge in [-0.2, -0.15) is 0 Å². The maximum absolute atomic E-state index is 13.4. The van der Waals surface area contributed by atoms with E-state index in [9.17, 15) is 9.18 Å². The lowest BCUT2D eigenvalue weighted by atomic mass is 10.2. The Labute approximate surface area is 145 Å². The molecule has 1 amide bonds. The normalized spacial score (nSPS) is 17.7. The Morgan fingerprint density at radius 2 is 1.96 bits per heavy atom. The van der Waals surface area contributed by atoms with Gasteiger partial charge in [-0.3, -0.25) is 4.79 Å². The number of benzene rings is 2. The summed E-state index contributed by atoms with van der Waals surface area (Å²) in [4.78, 5) is 14.3. The van der Waals surface area contributed by atoms with Crippen LogP contribution in [-0.4, -0.2) is 50.3 Å². The van der Waals surface area contributed by atoms with E-state index < -0.39 is 5.82 Å². The first kappa shape index (κ1) is 17.2. The zero-order valence-electron chi connectivity index (χ0n) is 14.0. The Kier molecular flexibility index (Phi) is 5.50. The summed E-state index contributed by atoms with van der Waals surface area (Å²) < 4.78 is 30.0. The smallest absolute Gasteiger partial charge is 0.254 e. The number of amides is 1. The lowest BCUT2D eigenvalue weighted by Crippen LogP contribution is -2.40. The minimum absolute atomic E-state index is 0.228. The summed E-state index contributed by atoms with van der Waals surface area (Å²) in [5.74, 6) is 0.762.